The predicted molar refractivity (Wildman–Crippen MR) is 57.2 cm³/mol. The summed E-state index contributed by atoms with van der Waals surface area (Å²) in [5.74, 6) is 0. The number of likely N-dealkylation sites (N-methyl/N-ethyl adjacent to an activating group) is 1. The largest absolute Gasteiger partial charge is 0.380 e. The van der Waals surface area contributed by atoms with E-state index in [-0.39, 0.29) is 0 Å². The summed E-state index contributed by atoms with van der Waals surface area (Å²) in [5.41, 5.74) is 0. The zero-order valence-electron chi connectivity index (χ0n) is 9.31. The van der Waals surface area contributed by atoms with Crippen molar-refractivity contribution < 1.29 is 4.74 Å². The third-order valence-corrected chi connectivity index (χ3v) is 2.13. The molecule has 0 aromatic rings. The van der Waals surface area contributed by atoms with E-state index in [2.05, 4.69) is 24.1 Å². The molecule has 0 aliphatic heterocycles. The van der Waals surface area contributed by atoms with E-state index in [1.165, 1.54) is 0 Å². The number of hydrogen-bond acceptors (Lipinski definition) is 3. The highest BCUT2D eigenvalue weighted by atomic mass is 16.5. The molecule has 0 aliphatic carbocycles. The molecule has 0 heterocycles. The number of hydrogen-bond donors (Lipinski definition) is 1. The lowest BCUT2D eigenvalue weighted by molar-refractivity contribution is 0.148. The van der Waals surface area contributed by atoms with Gasteiger partial charge in [-0.1, -0.05) is 13.8 Å². The molecule has 3 heteroatoms. The molecule has 0 atom stereocenters. The molecule has 13 heavy (non-hydrogen) atoms. The van der Waals surface area contributed by atoms with Crippen LogP contribution in [0.15, 0.2) is 0 Å². The molecule has 0 fully saturated rings. The third-order valence-electron chi connectivity index (χ3n) is 2.13. The molecular formula is C10H24N2O. The van der Waals surface area contributed by atoms with Crippen molar-refractivity contribution in [2.24, 2.45) is 0 Å². The Kier molecular flexibility index (Phi) is 9.87. The Labute approximate surface area is 82.4 Å². The minimum absolute atomic E-state index is 0.817. The quantitative estimate of drug-likeness (QED) is 0.545. The molecule has 0 aliphatic rings. The Morgan fingerprint density at radius 1 is 1.08 bits per heavy atom. The summed E-state index contributed by atoms with van der Waals surface area (Å²) in [6.45, 7) is 13.5. The van der Waals surface area contributed by atoms with Crippen LogP contribution in [0.25, 0.3) is 0 Å². The summed E-state index contributed by atoms with van der Waals surface area (Å²) in [7, 11) is 0. The minimum Gasteiger partial charge on any atom is -0.380 e. The molecule has 0 unspecified atom stereocenters. The van der Waals surface area contributed by atoms with Gasteiger partial charge in [-0.05, 0) is 20.0 Å². The van der Waals surface area contributed by atoms with Gasteiger partial charge in [0, 0.05) is 26.2 Å². The maximum absolute atomic E-state index is 5.22. The number of nitrogens with one attached hydrogen (secondary N) is 1. The topological polar surface area (TPSA) is 24.5 Å². The first kappa shape index (κ1) is 12.9. The van der Waals surface area contributed by atoms with E-state index in [0.717, 1.165) is 45.9 Å². The first-order chi connectivity index (χ1) is 6.35. The summed E-state index contributed by atoms with van der Waals surface area (Å²) in [5, 5.41) is 3.35. The second-order valence-corrected chi connectivity index (χ2v) is 2.97. The van der Waals surface area contributed by atoms with E-state index in [4.69, 9.17) is 4.74 Å². The van der Waals surface area contributed by atoms with Gasteiger partial charge in [0.1, 0.15) is 0 Å². The highest BCUT2D eigenvalue weighted by molar-refractivity contribution is 4.55. The molecule has 0 amide bonds. The van der Waals surface area contributed by atoms with Crippen LogP contribution in [0.4, 0.5) is 0 Å². The molecule has 0 spiro atoms. The maximum Gasteiger partial charge on any atom is 0.0590 e. The van der Waals surface area contributed by atoms with Crippen LogP contribution in [0.5, 0.6) is 0 Å². The van der Waals surface area contributed by atoms with Crippen molar-refractivity contribution in [2.45, 2.75) is 20.8 Å². The normalized spacial score (nSPS) is 11.1. The van der Waals surface area contributed by atoms with Gasteiger partial charge in [-0.15, -0.1) is 0 Å². The molecule has 0 radical (unpaired) electrons. The zero-order chi connectivity index (χ0) is 9.94. The molecule has 0 saturated carbocycles. The van der Waals surface area contributed by atoms with Gasteiger partial charge < -0.3 is 15.0 Å². The summed E-state index contributed by atoms with van der Waals surface area (Å²) >= 11 is 0. The molecule has 0 aromatic carbocycles. The fourth-order valence-electron chi connectivity index (χ4n) is 1.19. The lowest BCUT2D eigenvalue weighted by Gasteiger charge is -2.17. The molecule has 0 saturated heterocycles. The van der Waals surface area contributed by atoms with Gasteiger partial charge in [0.05, 0.1) is 6.61 Å². The summed E-state index contributed by atoms with van der Waals surface area (Å²) < 4.78 is 5.22. The summed E-state index contributed by atoms with van der Waals surface area (Å²) in [4.78, 5) is 2.41. The Hall–Kier alpha value is -0.120. The van der Waals surface area contributed by atoms with Crippen molar-refractivity contribution in [3.05, 3.63) is 0 Å². The summed E-state index contributed by atoms with van der Waals surface area (Å²) in [6.07, 6.45) is 0. The van der Waals surface area contributed by atoms with Gasteiger partial charge in [-0.3, -0.25) is 0 Å². The van der Waals surface area contributed by atoms with Gasteiger partial charge in [0.25, 0.3) is 0 Å². The van der Waals surface area contributed by atoms with Crippen LogP contribution >= 0.6 is 0 Å². The van der Waals surface area contributed by atoms with Gasteiger partial charge in [0.2, 0.25) is 0 Å². The highest BCUT2D eigenvalue weighted by Crippen LogP contribution is 1.83. The lowest BCUT2D eigenvalue weighted by Crippen LogP contribution is -2.33. The smallest absolute Gasteiger partial charge is 0.0590 e. The molecule has 1 N–H and O–H groups in total. The van der Waals surface area contributed by atoms with Crippen LogP contribution in [0.3, 0.4) is 0 Å². The van der Waals surface area contributed by atoms with Gasteiger partial charge in [0.15, 0.2) is 0 Å². The fourth-order valence-corrected chi connectivity index (χ4v) is 1.19. The maximum atomic E-state index is 5.22. The van der Waals surface area contributed by atoms with Crippen LogP contribution in [-0.4, -0.2) is 50.8 Å². The van der Waals surface area contributed by atoms with Crippen LogP contribution < -0.4 is 5.32 Å². The Balaban J connectivity index is 3.05. The van der Waals surface area contributed by atoms with Crippen molar-refractivity contribution in [2.75, 3.05) is 45.9 Å². The van der Waals surface area contributed by atoms with Gasteiger partial charge in [-0.2, -0.15) is 0 Å². The second kappa shape index (κ2) is 9.96. The van der Waals surface area contributed by atoms with E-state index in [0.29, 0.717) is 0 Å². The second-order valence-electron chi connectivity index (χ2n) is 2.97. The predicted octanol–water partition coefficient (Wildman–Crippen LogP) is 0.954. The SMILES string of the molecule is CCOCCNCCN(CC)CC. The molecule has 80 valence electrons. The molecule has 0 aromatic heterocycles. The molecule has 0 rings (SSSR count). The average Bonchev–Trinajstić information content (AvgIpc) is 2.17. The Bertz CT molecular complexity index is 94.9. The number of rotatable bonds is 9. The van der Waals surface area contributed by atoms with Crippen molar-refractivity contribution in [3.63, 3.8) is 0 Å². The first-order valence-corrected chi connectivity index (χ1v) is 5.35. The third kappa shape index (κ3) is 8.22. The van der Waals surface area contributed by atoms with Crippen LogP contribution in [0.1, 0.15) is 20.8 Å². The van der Waals surface area contributed by atoms with Crippen molar-refractivity contribution in [1.82, 2.24) is 10.2 Å². The molecule has 0 bridgehead atoms. The first-order valence-electron chi connectivity index (χ1n) is 5.35. The van der Waals surface area contributed by atoms with Crippen molar-refractivity contribution in [1.29, 1.82) is 0 Å². The minimum atomic E-state index is 0.817. The fraction of sp³-hybridized carbons (Fsp3) is 1.00. The lowest BCUT2D eigenvalue weighted by atomic mass is 10.4. The Morgan fingerprint density at radius 3 is 2.31 bits per heavy atom. The van der Waals surface area contributed by atoms with Gasteiger partial charge in [-0.25, -0.2) is 0 Å². The molecule has 3 nitrogen and oxygen atoms in total. The van der Waals surface area contributed by atoms with Crippen LogP contribution in [-0.2, 0) is 4.74 Å². The van der Waals surface area contributed by atoms with Gasteiger partial charge >= 0.3 is 0 Å². The zero-order valence-corrected chi connectivity index (χ0v) is 9.31. The van der Waals surface area contributed by atoms with Crippen LogP contribution in [0.2, 0.25) is 0 Å². The van der Waals surface area contributed by atoms with E-state index in [1.807, 2.05) is 6.92 Å². The van der Waals surface area contributed by atoms with E-state index < -0.39 is 0 Å². The number of nitrogens with zero attached hydrogens (tertiary/aromatic N) is 1. The van der Waals surface area contributed by atoms with E-state index in [1.54, 1.807) is 0 Å². The molecular weight excluding hydrogens is 164 g/mol. The highest BCUT2D eigenvalue weighted by Gasteiger charge is 1.96. The van der Waals surface area contributed by atoms with Crippen molar-refractivity contribution >= 4 is 0 Å². The monoisotopic (exact) mass is 188 g/mol. The van der Waals surface area contributed by atoms with E-state index in [9.17, 15) is 0 Å². The standard InChI is InChI=1S/C10H24N2O/c1-4-12(5-2)9-7-11-8-10-13-6-3/h11H,4-10H2,1-3H3. The summed E-state index contributed by atoms with van der Waals surface area (Å²) in [6, 6.07) is 0. The van der Waals surface area contributed by atoms with Crippen molar-refractivity contribution in [3.8, 4) is 0 Å². The van der Waals surface area contributed by atoms with Crippen LogP contribution in [0, 0.1) is 0 Å². The average molecular weight is 188 g/mol. The Morgan fingerprint density at radius 2 is 1.77 bits per heavy atom. The number of ether oxygens (including phenoxy) is 1. The van der Waals surface area contributed by atoms with E-state index >= 15 is 0 Å².